The van der Waals surface area contributed by atoms with Crippen LogP contribution in [0.4, 0.5) is 0 Å². The third kappa shape index (κ3) is 8.68. The molecule has 0 radical (unpaired) electrons. The maximum atomic E-state index is 11.5. The molecule has 0 saturated carbocycles. The molecule has 4 saturated heterocycles. The second kappa shape index (κ2) is 17.4. The molecule has 4 aliphatic rings. The Hall–Kier alpha value is -2.07. The number of carbonyl (C=O) groups is 1. The molecule has 0 aromatic heterocycles. The van der Waals surface area contributed by atoms with Crippen LogP contribution in [0.5, 0.6) is 0 Å². The zero-order chi connectivity index (χ0) is 37.1. The van der Waals surface area contributed by atoms with Gasteiger partial charge in [-0.3, -0.25) is 0 Å². The molecule has 1 aromatic rings. The summed E-state index contributed by atoms with van der Waals surface area (Å²) in [6.45, 7) is -2.10. The highest BCUT2D eigenvalue weighted by molar-refractivity contribution is 5.73. The van der Waals surface area contributed by atoms with E-state index >= 15 is 0 Å². The van der Waals surface area contributed by atoms with E-state index in [0.717, 1.165) is 5.56 Å². The van der Waals surface area contributed by atoms with Gasteiger partial charge in [-0.25, -0.2) is 4.79 Å². The Morgan fingerprint density at radius 2 is 1.12 bits per heavy atom. The Kier molecular flexibility index (Phi) is 13.7. The maximum Gasteiger partial charge on any atom is 0.335 e. The standard InChI is InChI=1S/C30H44O21/c31-6-11-15(34)23(21(40)29(46-11)48-13-9-45-27(19(38)14(13)33)44-8-10-4-2-1-3-5-10)50-30-22(41)24(16(35)12(7-32)47-30)49-28-20(39)17(36)18(37)25(51-28)26(42)43/h1-5,11-25,27-41H,6-9H2,(H,42,43)/t11-,12-,13-,14+,15+,16+,17+,18+,19-,20-,21-,22-,23+,24+,25+,27-,28-,29+,30+/m1/s1. The number of carboxylic acids is 1. The Bertz CT molecular complexity index is 1250. The van der Waals surface area contributed by atoms with Crippen molar-refractivity contribution in [2.45, 2.75) is 123 Å². The van der Waals surface area contributed by atoms with E-state index in [1.54, 1.807) is 24.3 Å². The molecule has 4 fully saturated rings. The molecule has 5 rings (SSSR count). The summed E-state index contributed by atoms with van der Waals surface area (Å²) in [6, 6.07) is 8.94. The van der Waals surface area contributed by atoms with E-state index in [9.17, 15) is 66.1 Å². The summed E-state index contributed by atoms with van der Waals surface area (Å²) >= 11 is 0. The lowest BCUT2D eigenvalue weighted by atomic mass is 9.96. The molecule has 0 unspecified atom stereocenters. The number of hydrogen-bond donors (Lipinski definition) is 12. The van der Waals surface area contributed by atoms with Gasteiger partial charge in [0.15, 0.2) is 31.3 Å². The lowest BCUT2D eigenvalue weighted by molar-refractivity contribution is -0.385. The zero-order valence-electron chi connectivity index (χ0n) is 26.7. The van der Waals surface area contributed by atoms with Crippen molar-refractivity contribution in [1.82, 2.24) is 0 Å². The normalized spacial score (nSPS) is 46.5. The van der Waals surface area contributed by atoms with Crippen molar-refractivity contribution in [3.05, 3.63) is 35.9 Å². The molecule has 0 spiro atoms. The summed E-state index contributed by atoms with van der Waals surface area (Å²) in [7, 11) is 0. The zero-order valence-corrected chi connectivity index (χ0v) is 26.7. The van der Waals surface area contributed by atoms with Crippen molar-refractivity contribution in [2.75, 3.05) is 19.8 Å². The van der Waals surface area contributed by atoms with Crippen LogP contribution in [0.2, 0.25) is 0 Å². The first kappa shape index (κ1) is 40.1. The van der Waals surface area contributed by atoms with Gasteiger partial charge in [-0.2, -0.15) is 0 Å². The molecule has 21 heteroatoms. The van der Waals surface area contributed by atoms with E-state index in [1.165, 1.54) is 0 Å². The average Bonchev–Trinajstić information content (AvgIpc) is 3.12. The second-order valence-electron chi connectivity index (χ2n) is 12.5. The molecular formula is C30H44O21. The minimum Gasteiger partial charge on any atom is -0.479 e. The fourth-order valence-corrected chi connectivity index (χ4v) is 6.09. The summed E-state index contributed by atoms with van der Waals surface area (Å²) in [4.78, 5) is 11.5. The summed E-state index contributed by atoms with van der Waals surface area (Å²) in [5.74, 6) is -1.74. The van der Waals surface area contributed by atoms with Crippen molar-refractivity contribution in [3.63, 3.8) is 0 Å². The lowest BCUT2D eigenvalue weighted by Gasteiger charge is -2.48. The summed E-state index contributed by atoms with van der Waals surface area (Å²) in [5.41, 5.74) is 0.773. The Labute approximate surface area is 289 Å². The summed E-state index contributed by atoms with van der Waals surface area (Å²) in [5, 5.41) is 125. The number of ether oxygens (including phenoxy) is 8. The number of aliphatic carboxylic acids is 1. The van der Waals surface area contributed by atoms with Gasteiger partial charge in [0.05, 0.1) is 26.4 Å². The molecule has 1 aromatic carbocycles. The van der Waals surface area contributed by atoms with Crippen molar-refractivity contribution in [1.29, 1.82) is 0 Å². The van der Waals surface area contributed by atoms with Crippen molar-refractivity contribution in [2.24, 2.45) is 0 Å². The summed E-state index contributed by atoms with van der Waals surface area (Å²) in [6.07, 6.45) is -34.7. The topological polar surface area (TPSA) is 334 Å². The van der Waals surface area contributed by atoms with E-state index in [1.807, 2.05) is 6.07 Å². The highest BCUT2D eigenvalue weighted by Crippen LogP contribution is 2.34. The smallest absolute Gasteiger partial charge is 0.335 e. The Morgan fingerprint density at radius 1 is 0.608 bits per heavy atom. The Morgan fingerprint density at radius 3 is 1.65 bits per heavy atom. The monoisotopic (exact) mass is 740 g/mol. The first-order valence-electron chi connectivity index (χ1n) is 16.0. The van der Waals surface area contributed by atoms with Crippen LogP contribution in [0, 0.1) is 0 Å². The van der Waals surface area contributed by atoms with Crippen LogP contribution in [0.15, 0.2) is 30.3 Å². The van der Waals surface area contributed by atoms with Gasteiger partial charge in [-0.15, -0.1) is 0 Å². The van der Waals surface area contributed by atoms with Gasteiger partial charge in [0.25, 0.3) is 0 Å². The molecule has 12 N–H and O–H groups in total. The minimum absolute atomic E-state index is 0.0533. The molecular weight excluding hydrogens is 696 g/mol. The molecule has 4 aliphatic heterocycles. The average molecular weight is 741 g/mol. The van der Waals surface area contributed by atoms with Gasteiger partial charge in [-0.05, 0) is 5.56 Å². The first-order chi connectivity index (χ1) is 24.3. The molecule has 0 amide bonds. The predicted molar refractivity (Wildman–Crippen MR) is 157 cm³/mol. The van der Waals surface area contributed by atoms with Gasteiger partial charge in [0.1, 0.15) is 85.5 Å². The molecule has 21 nitrogen and oxygen atoms in total. The quantitative estimate of drug-likeness (QED) is 0.0947. The maximum absolute atomic E-state index is 11.5. The van der Waals surface area contributed by atoms with Crippen LogP contribution in [-0.2, 0) is 49.3 Å². The highest BCUT2D eigenvalue weighted by Gasteiger charge is 2.55. The minimum atomic E-state index is -2.10. The van der Waals surface area contributed by atoms with Crippen molar-refractivity contribution in [3.8, 4) is 0 Å². The molecule has 19 atom stereocenters. The van der Waals surface area contributed by atoms with Gasteiger partial charge in [-0.1, -0.05) is 30.3 Å². The molecule has 4 heterocycles. The third-order valence-corrected chi connectivity index (χ3v) is 9.04. The fraction of sp³-hybridized carbons (Fsp3) is 0.767. The Balaban J connectivity index is 1.26. The van der Waals surface area contributed by atoms with Gasteiger partial charge >= 0.3 is 5.97 Å². The number of hydrogen-bond acceptors (Lipinski definition) is 20. The molecule has 51 heavy (non-hydrogen) atoms. The number of aliphatic hydroxyl groups is 11. The van der Waals surface area contributed by atoms with Crippen LogP contribution >= 0.6 is 0 Å². The fourth-order valence-electron chi connectivity index (χ4n) is 6.09. The van der Waals surface area contributed by atoms with E-state index in [4.69, 9.17) is 37.9 Å². The highest BCUT2D eigenvalue weighted by atomic mass is 16.8. The van der Waals surface area contributed by atoms with E-state index in [0.29, 0.717) is 0 Å². The molecule has 290 valence electrons. The van der Waals surface area contributed by atoms with Crippen LogP contribution in [0.3, 0.4) is 0 Å². The van der Waals surface area contributed by atoms with E-state index in [-0.39, 0.29) is 13.2 Å². The number of aliphatic hydroxyl groups excluding tert-OH is 11. The van der Waals surface area contributed by atoms with Crippen LogP contribution < -0.4 is 0 Å². The number of benzene rings is 1. The van der Waals surface area contributed by atoms with Crippen LogP contribution in [0.1, 0.15) is 5.56 Å². The largest absolute Gasteiger partial charge is 0.479 e. The predicted octanol–water partition coefficient (Wildman–Crippen LogP) is -6.79. The number of rotatable bonds is 12. The van der Waals surface area contributed by atoms with Crippen molar-refractivity contribution >= 4 is 5.97 Å². The van der Waals surface area contributed by atoms with Crippen LogP contribution in [-0.4, -0.2) is 204 Å². The number of carboxylic acid groups (broad SMARTS) is 1. The molecule has 0 aliphatic carbocycles. The van der Waals surface area contributed by atoms with E-state index in [2.05, 4.69) is 0 Å². The first-order valence-corrected chi connectivity index (χ1v) is 16.0. The summed E-state index contributed by atoms with van der Waals surface area (Å²) < 4.78 is 43.9. The second-order valence-corrected chi connectivity index (χ2v) is 12.5. The van der Waals surface area contributed by atoms with Crippen LogP contribution in [0.25, 0.3) is 0 Å². The van der Waals surface area contributed by atoms with Gasteiger partial charge in [0, 0.05) is 0 Å². The van der Waals surface area contributed by atoms with Gasteiger partial charge in [0.2, 0.25) is 0 Å². The third-order valence-electron chi connectivity index (χ3n) is 9.04. The SMILES string of the molecule is O=C(O)[C@H]1O[C@@H](O[C@H]2[C@@H](O)[C@@H](CO)O[C@@H](O[C@H]3[C@@H](O)[C@@H](CO)O[C@@H](O[C@@H]4CO[C@@H](OCc5ccccc5)[C@H](O)[C@H]4O)[C@@H]3O)[C@@H]2O)[C@H](O)[C@@H](O)[C@@H]1O. The molecule has 0 bridgehead atoms. The lowest BCUT2D eigenvalue weighted by Crippen LogP contribution is -2.67. The van der Waals surface area contributed by atoms with Gasteiger partial charge < -0.3 is 99.2 Å². The van der Waals surface area contributed by atoms with Crippen molar-refractivity contribution < 1.29 is 104 Å². The van der Waals surface area contributed by atoms with E-state index < -0.39 is 136 Å².